The molecule has 0 bridgehead atoms. The predicted molar refractivity (Wildman–Crippen MR) is 45.3 cm³/mol. The molecule has 0 aliphatic carbocycles. The smallest absolute Gasteiger partial charge is 0.158 e. The SMILES string of the molecule is CC[C@H]1CNC[C@H](C)S1(=O)=O. The molecule has 0 amide bonds. The molecule has 3 nitrogen and oxygen atoms in total. The van der Waals surface area contributed by atoms with Crippen molar-refractivity contribution in [1.82, 2.24) is 5.32 Å². The predicted octanol–water partition coefficient (Wildman–Crippen LogP) is 0.171. The van der Waals surface area contributed by atoms with Gasteiger partial charge >= 0.3 is 0 Å². The van der Waals surface area contributed by atoms with Crippen LogP contribution in [0.2, 0.25) is 0 Å². The van der Waals surface area contributed by atoms with Gasteiger partial charge in [-0.1, -0.05) is 6.92 Å². The van der Waals surface area contributed by atoms with E-state index in [2.05, 4.69) is 5.32 Å². The average Bonchev–Trinajstić information content (AvgIpc) is 1.95. The molecule has 66 valence electrons. The number of hydrogen-bond donors (Lipinski definition) is 1. The van der Waals surface area contributed by atoms with Crippen LogP contribution in [-0.2, 0) is 9.84 Å². The third-order valence-corrected chi connectivity index (χ3v) is 5.00. The minimum absolute atomic E-state index is 0.161. The van der Waals surface area contributed by atoms with Crippen molar-refractivity contribution in [1.29, 1.82) is 0 Å². The molecule has 0 radical (unpaired) electrons. The molecule has 1 rings (SSSR count). The fourth-order valence-electron chi connectivity index (χ4n) is 1.39. The zero-order valence-electron chi connectivity index (χ0n) is 7.00. The van der Waals surface area contributed by atoms with E-state index in [1.807, 2.05) is 6.92 Å². The summed E-state index contributed by atoms with van der Waals surface area (Å²) in [4.78, 5) is 0. The van der Waals surface area contributed by atoms with Gasteiger partial charge in [-0.15, -0.1) is 0 Å². The summed E-state index contributed by atoms with van der Waals surface area (Å²) in [5.74, 6) is 0. The Morgan fingerprint density at radius 1 is 1.45 bits per heavy atom. The van der Waals surface area contributed by atoms with Crippen molar-refractivity contribution in [2.75, 3.05) is 13.1 Å². The molecule has 1 saturated heterocycles. The van der Waals surface area contributed by atoms with E-state index in [1.165, 1.54) is 0 Å². The second-order valence-corrected chi connectivity index (χ2v) is 5.74. The van der Waals surface area contributed by atoms with E-state index in [9.17, 15) is 8.42 Å². The van der Waals surface area contributed by atoms with Gasteiger partial charge in [0.05, 0.1) is 10.5 Å². The highest BCUT2D eigenvalue weighted by atomic mass is 32.2. The van der Waals surface area contributed by atoms with E-state index in [1.54, 1.807) is 6.92 Å². The molecule has 0 aromatic rings. The Hall–Kier alpha value is -0.0900. The topological polar surface area (TPSA) is 46.2 Å². The monoisotopic (exact) mass is 177 g/mol. The fraction of sp³-hybridized carbons (Fsp3) is 1.00. The lowest BCUT2D eigenvalue weighted by molar-refractivity contribution is 0.515. The van der Waals surface area contributed by atoms with Gasteiger partial charge in [0.2, 0.25) is 0 Å². The largest absolute Gasteiger partial charge is 0.314 e. The average molecular weight is 177 g/mol. The summed E-state index contributed by atoms with van der Waals surface area (Å²) < 4.78 is 23.0. The lowest BCUT2D eigenvalue weighted by atomic mass is 10.3. The molecule has 0 aromatic heterocycles. The Bertz CT molecular complexity index is 223. The van der Waals surface area contributed by atoms with Crippen LogP contribution in [0.25, 0.3) is 0 Å². The van der Waals surface area contributed by atoms with Crippen LogP contribution in [0.15, 0.2) is 0 Å². The van der Waals surface area contributed by atoms with Gasteiger partial charge in [0.1, 0.15) is 0 Å². The Balaban J connectivity index is 2.82. The van der Waals surface area contributed by atoms with Gasteiger partial charge in [0, 0.05) is 13.1 Å². The summed E-state index contributed by atoms with van der Waals surface area (Å²) in [5, 5.41) is 2.74. The molecule has 0 spiro atoms. The van der Waals surface area contributed by atoms with Crippen LogP contribution in [0.1, 0.15) is 20.3 Å². The van der Waals surface area contributed by atoms with Crippen LogP contribution in [0.3, 0.4) is 0 Å². The molecule has 0 aromatic carbocycles. The highest BCUT2D eigenvalue weighted by molar-refractivity contribution is 7.92. The molecule has 4 heteroatoms. The summed E-state index contributed by atoms with van der Waals surface area (Å²) in [6, 6.07) is 0. The molecule has 2 atom stereocenters. The van der Waals surface area contributed by atoms with Crippen molar-refractivity contribution in [3.05, 3.63) is 0 Å². The molecule has 1 heterocycles. The molecule has 11 heavy (non-hydrogen) atoms. The number of hydrogen-bond acceptors (Lipinski definition) is 3. The maximum Gasteiger partial charge on any atom is 0.158 e. The Labute approximate surface area is 68.1 Å². The summed E-state index contributed by atoms with van der Waals surface area (Å²) in [7, 11) is -2.81. The van der Waals surface area contributed by atoms with E-state index >= 15 is 0 Å². The Kier molecular flexibility index (Phi) is 2.54. The minimum atomic E-state index is -2.81. The van der Waals surface area contributed by atoms with Crippen LogP contribution < -0.4 is 5.32 Å². The van der Waals surface area contributed by atoms with Crippen molar-refractivity contribution in [3.8, 4) is 0 Å². The van der Waals surface area contributed by atoms with Crippen LogP contribution in [0.4, 0.5) is 0 Å². The van der Waals surface area contributed by atoms with Gasteiger partial charge in [-0.2, -0.15) is 0 Å². The molecular formula is C7H15NO2S. The van der Waals surface area contributed by atoms with Crippen molar-refractivity contribution < 1.29 is 8.42 Å². The van der Waals surface area contributed by atoms with E-state index in [4.69, 9.17) is 0 Å². The van der Waals surface area contributed by atoms with Crippen molar-refractivity contribution in [2.24, 2.45) is 0 Å². The molecule has 1 fully saturated rings. The third-order valence-electron chi connectivity index (χ3n) is 2.28. The zero-order valence-corrected chi connectivity index (χ0v) is 7.82. The summed E-state index contributed by atoms with van der Waals surface area (Å²) >= 11 is 0. The Morgan fingerprint density at radius 2 is 2.09 bits per heavy atom. The lowest BCUT2D eigenvalue weighted by Gasteiger charge is -2.27. The summed E-state index contributed by atoms with van der Waals surface area (Å²) in [6.07, 6.45) is 0.722. The molecule has 1 N–H and O–H groups in total. The quantitative estimate of drug-likeness (QED) is 0.621. The van der Waals surface area contributed by atoms with Gasteiger partial charge in [0.25, 0.3) is 0 Å². The van der Waals surface area contributed by atoms with E-state index in [0.29, 0.717) is 13.1 Å². The maximum atomic E-state index is 11.5. The first-order valence-electron chi connectivity index (χ1n) is 4.02. The number of rotatable bonds is 1. The lowest BCUT2D eigenvalue weighted by Crippen LogP contribution is -2.48. The third kappa shape index (κ3) is 1.56. The van der Waals surface area contributed by atoms with Gasteiger partial charge in [-0.25, -0.2) is 8.42 Å². The van der Waals surface area contributed by atoms with E-state index in [0.717, 1.165) is 6.42 Å². The van der Waals surface area contributed by atoms with Gasteiger partial charge < -0.3 is 5.32 Å². The fourth-order valence-corrected chi connectivity index (χ4v) is 3.21. The minimum Gasteiger partial charge on any atom is -0.314 e. The van der Waals surface area contributed by atoms with Gasteiger partial charge in [-0.05, 0) is 13.3 Å². The normalized spacial score (nSPS) is 36.9. The molecule has 0 unspecified atom stereocenters. The first kappa shape index (κ1) is 9.00. The van der Waals surface area contributed by atoms with Gasteiger partial charge in [0.15, 0.2) is 9.84 Å². The van der Waals surface area contributed by atoms with Crippen LogP contribution in [-0.4, -0.2) is 32.0 Å². The second kappa shape index (κ2) is 3.11. The standard InChI is InChI=1S/C7H15NO2S/c1-3-7-5-8-4-6(2)11(7,9)10/h6-8H,3-5H2,1-2H3/t6-,7-/m0/s1. The number of sulfone groups is 1. The van der Waals surface area contributed by atoms with Crippen molar-refractivity contribution in [3.63, 3.8) is 0 Å². The highest BCUT2D eigenvalue weighted by Crippen LogP contribution is 2.15. The van der Waals surface area contributed by atoms with E-state index < -0.39 is 9.84 Å². The summed E-state index contributed by atoms with van der Waals surface area (Å²) in [6.45, 7) is 4.92. The van der Waals surface area contributed by atoms with Crippen molar-refractivity contribution >= 4 is 9.84 Å². The molecule has 1 aliphatic rings. The maximum absolute atomic E-state index is 11.5. The van der Waals surface area contributed by atoms with Gasteiger partial charge in [-0.3, -0.25) is 0 Å². The van der Waals surface area contributed by atoms with Crippen LogP contribution in [0.5, 0.6) is 0 Å². The van der Waals surface area contributed by atoms with Crippen LogP contribution in [0, 0.1) is 0 Å². The first-order valence-corrected chi connectivity index (χ1v) is 5.63. The number of nitrogens with one attached hydrogen (secondary N) is 1. The van der Waals surface area contributed by atoms with Crippen LogP contribution >= 0.6 is 0 Å². The highest BCUT2D eigenvalue weighted by Gasteiger charge is 2.33. The van der Waals surface area contributed by atoms with Crippen molar-refractivity contribution in [2.45, 2.75) is 30.8 Å². The molecule has 0 saturated carbocycles. The molecule has 1 aliphatic heterocycles. The Morgan fingerprint density at radius 3 is 2.55 bits per heavy atom. The second-order valence-electron chi connectivity index (χ2n) is 3.09. The first-order chi connectivity index (χ1) is 5.09. The summed E-state index contributed by atoms with van der Waals surface area (Å²) in [5.41, 5.74) is 0. The zero-order chi connectivity index (χ0) is 8.48. The molecular weight excluding hydrogens is 162 g/mol. The van der Waals surface area contributed by atoms with E-state index in [-0.39, 0.29) is 10.5 Å².